The Kier molecular flexibility index (Phi) is 12.0. The minimum Gasteiger partial charge on any atom is -0.479 e. The van der Waals surface area contributed by atoms with Crippen LogP contribution < -0.4 is 16.8 Å². The summed E-state index contributed by atoms with van der Waals surface area (Å²) in [5.41, 5.74) is 10.3. The zero-order valence-electron chi connectivity index (χ0n) is 19.4. The second-order valence-electron chi connectivity index (χ2n) is 8.38. The molecule has 6 N–H and O–H groups in total. The monoisotopic (exact) mass is 498 g/mol. The molecule has 0 spiro atoms. The summed E-state index contributed by atoms with van der Waals surface area (Å²) < 4.78 is 5.32. The first kappa shape index (κ1) is 29.3. The largest absolute Gasteiger partial charge is 0.479 e. The molecule has 10 nitrogen and oxygen atoms in total. The first-order valence-corrected chi connectivity index (χ1v) is 11.3. The van der Waals surface area contributed by atoms with E-state index in [2.05, 4.69) is 5.32 Å². The van der Waals surface area contributed by atoms with E-state index in [1.807, 2.05) is 6.07 Å². The lowest BCUT2D eigenvalue weighted by Crippen LogP contribution is -2.62. The van der Waals surface area contributed by atoms with Gasteiger partial charge in [0.05, 0.1) is 6.04 Å². The molecule has 190 valence electrons. The minimum atomic E-state index is -1.72. The molecule has 1 saturated carbocycles. The van der Waals surface area contributed by atoms with Gasteiger partial charge in [-0.05, 0) is 44.7 Å². The minimum absolute atomic E-state index is 0. The van der Waals surface area contributed by atoms with Crippen molar-refractivity contribution in [1.82, 2.24) is 10.2 Å². The molecule has 1 aliphatic carbocycles. The van der Waals surface area contributed by atoms with Crippen LogP contribution in [0.25, 0.3) is 0 Å². The number of nitrogens with two attached hydrogens (primary N) is 2. The second-order valence-corrected chi connectivity index (χ2v) is 8.38. The average molecular weight is 499 g/mol. The molecular weight excluding hydrogens is 464 g/mol. The Balaban J connectivity index is 0.00000578. The van der Waals surface area contributed by atoms with Crippen molar-refractivity contribution in [3.05, 3.63) is 35.9 Å². The van der Waals surface area contributed by atoms with Crippen LogP contribution >= 0.6 is 12.4 Å². The molecular formula is C23H35ClN4O6. The van der Waals surface area contributed by atoms with E-state index in [1.165, 1.54) is 6.92 Å². The summed E-state index contributed by atoms with van der Waals surface area (Å²) in [6.07, 6.45) is 2.06. The molecule has 0 aromatic heterocycles. The van der Waals surface area contributed by atoms with E-state index in [9.17, 15) is 24.3 Å². The van der Waals surface area contributed by atoms with Gasteiger partial charge < -0.3 is 26.6 Å². The first-order chi connectivity index (χ1) is 15.7. The third-order valence-corrected chi connectivity index (χ3v) is 5.90. The Morgan fingerprint density at radius 3 is 2.32 bits per heavy atom. The molecule has 1 fully saturated rings. The number of nitrogens with one attached hydrogen (secondary N) is 1. The second kappa shape index (κ2) is 13.9. The van der Waals surface area contributed by atoms with Crippen molar-refractivity contribution in [2.45, 2.75) is 76.1 Å². The van der Waals surface area contributed by atoms with Crippen LogP contribution in [-0.4, -0.2) is 58.1 Å². The molecule has 1 aromatic rings. The standard InChI is InChI=1S/C23H34N4O6.ClH/c1-16(26-19(28)18(25)11-5-8-14-24)20(29)27(23(21(30)31)12-6-7-13-23)22(32)33-15-17-9-3-2-4-10-17;/h2-4,9-10,16,18H,5-8,11-15,24-25H2,1H3,(H,26,28)(H,30,31);1H/t16-,18-;/m0./s1. The zero-order chi connectivity index (χ0) is 24.4. The van der Waals surface area contributed by atoms with E-state index in [1.54, 1.807) is 24.3 Å². The summed E-state index contributed by atoms with van der Waals surface area (Å²) in [6.45, 7) is 1.77. The van der Waals surface area contributed by atoms with Crippen LogP contribution in [0.3, 0.4) is 0 Å². The molecule has 3 amide bonds. The highest BCUT2D eigenvalue weighted by Crippen LogP contribution is 2.37. The number of carbonyl (C=O) groups is 4. The highest BCUT2D eigenvalue weighted by Gasteiger charge is 2.53. The van der Waals surface area contributed by atoms with Crippen molar-refractivity contribution in [2.75, 3.05) is 6.54 Å². The number of rotatable bonds is 11. The summed E-state index contributed by atoms with van der Waals surface area (Å²) >= 11 is 0. The fourth-order valence-electron chi connectivity index (χ4n) is 3.97. The molecule has 2 atom stereocenters. The Hall–Kier alpha value is -2.69. The summed E-state index contributed by atoms with van der Waals surface area (Å²) in [6, 6.07) is 6.84. The lowest BCUT2D eigenvalue weighted by atomic mass is 9.94. The van der Waals surface area contributed by atoms with Crippen LogP contribution in [0.5, 0.6) is 0 Å². The molecule has 1 aromatic carbocycles. The highest BCUT2D eigenvalue weighted by atomic mass is 35.5. The van der Waals surface area contributed by atoms with Crippen molar-refractivity contribution in [1.29, 1.82) is 0 Å². The fourth-order valence-corrected chi connectivity index (χ4v) is 3.97. The quantitative estimate of drug-likeness (QED) is 0.336. The van der Waals surface area contributed by atoms with Crippen molar-refractivity contribution >= 4 is 36.3 Å². The fraction of sp³-hybridized carbons (Fsp3) is 0.565. The third kappa shape index (κ3) is 7.41. The Morgan fingerprint density at radius 2 is 1.76 bits per heavy atom. The van der Waals surface area contributed by atoms with Crippen LogP contribution in [0, 0.1) is 0 Å². The number of aliphatic carboxylic acids is 1. The van der Waals surface area contributed by atoms with Crippen LogP contribution in [0.15, 0.2) is 30.3 Å². The van der Waals surface area contributed by atoms with Gasteiger partial charge in [-0.15, -0.1) is 12.4 Å². The number of amides is 3. The van der Waals surface area contributed by atoms with Crippen LogP contribution in [0.1, 0.15) is 57.4 Å². The maximum Gasteiger partial charge on any atom is 0.417 e. The van der Waals surface area contributed by atoms with Crippen LogP contribution in [0.2, 0.25) is 0 Å². The number of nitrogens with zero attached hydrogens (tertiary/aromatic N) is 1. The summed E-state index contributed by atoms with van der Waals surface area (Å²) in [5, 5.41) is 12.5. The van der Waals surface area contributed by atoms with Gasteiger partial charge >= 0.3 is 12.1 Å². The van der Waals surface area contributed by atoms with E-state index < -0.39 is 41.5 Å². The number of halogens is 1. The number of unbranched alkanes of at least 4 members (excludes halogenated alkanes) is 1. The maximum atomic E-state index is 13.3. The predicted molar refractivity (Wildman–Crippen MR) is 128 cm³/mol. The van der Waals surface area contributed by atoms with E-state index in [0.717, 1.165) is 6.42 Å². The summed E-state index contributed by atoms with van der Waals surface area (Å²) in [7, 11) is 0. The van der Waals surface area contributed by atoms with Gasteiger partial charge in [-0.2, -0.15) is 0 Å². The van der Waals surface area contributed by atoms with Gasteiger partial charge in [0, 0.05) is 0 Å². The van der Waals surface area contributed by atoms with E-state index in [-0.39, 0.29) is 31.9 Å². The summed E-state index contributed by atoms with van der Waals surface area (Å²) in [5.74, 6) is -2.68. The van der Waals surface area contributed by atoms with Gasteiger partial charge in [-0.25, -0.2) is 14.5 Å². The molecule has 11 heteroatoms. The van der Waals surface area contributed by atoms with E-state index in [0.29, 0.717) is 42.7 Å². The third-order valence-electron chi connectivity index (χ3n) is 5.90. The normalized spacial score (nSPS) is 16.0. The molecule has 34 heavy (non-hydrogen) atoms. The van der Waals surface area contributed by atoms with Gasteiger partial charge in [-0.1, -0.05) is 49.6 Å². The zero-order valence-corrected chi connectivity index (χ0v) is 20.2. The van der Waals surface area contributed by atoms with Crippen molar-refractivity contribution in [2.24, 2.45) is 11.5 Å². The number of carboxylic acids is 1. The predicted octanol–water partition coefficient (Wildman–Crippen LogP) is 1.93. The van der Waals surface area contributed by atoms with E-state index >= 15 is 0 Å². The smallest absolute Gasteiger partial charge is 0.417 e. The molecule has 0 saturated heterocycles. The number of carbonyl (C=O) groups excluding carboxylic acids is 3. The molecule has 0 aliphatic heterocycles. The van der Waals surface area contributed by atoms with Gasteiger partial charge in [0.2, 0.25) is 5.91 Å². The van der Waals surface area contributed by atoms with Crippen molar-refractivity contribution in [3.63, 3.8) is 0 Å². The molecule has 0 heterocycles. The topological polar surface area (TPSA) is 165 Å². The number of carboxylic acid groups (broad SMARTS) is 1. The molecule has 2 rings (SSSR count). The van der Waals surface area contributed by atoms with Gasteiger partial charge in [0.15, 0.2) is 5.54 Å². The maximum absolute atomic E-state index is 13.3. The first-order valence-electron chi connectivity index (χ1n) is 11.3. The number of hydrogen-bond donors (Lipinski definition) is 4. The molecule has 0 radical (unpaired) electrons. The van der Waals surface area contributed by atoms with Crippen LogP contribution in [-0.2, 0) is 25.7 Å². The van der Waals surface area contributed by atoms with Gasteiger partial charge in [-0.3, -0.25) is 9.59 Å². The van der Waals surface area contributed by atoms with Crippen molar-refractivity contribution < 1.29 is 29.0 Å². The number of hydrogen-bond acceptors (Lipinski definition) is 7. The lowest BCUT2D eigenvalue weighted by molar-refractivity contribution is -0.158. The SMILES string of the molecule is C[C@H](NC(=O)[C@@H](N)CCCCN)C(=O)N(C(=O)OCc1ccccc1)C1(C(=O)O)CCCC1.Cl. The van der Waals surface area contributed by atoms with Gasteiger partial charge in [0.1, 0.15) is 12.6 Å². The van der Waals surface area contributed by atoms with Crippen LogP contribution in [0.4, 0.5) is 4.79 Å². The Bertz CT molecular complexity index is 832. The van der Waals surface area contributed by atoms with E-state index in [4.69, 9.17) is 16.2 Å². The highest BCUT2D eigenvalue weighted by molar-refractivity contribution is 6.02. The van der Waals surface area contributed by atoms with Crippen molar-refractivity contribution in [3.8, 4) is 0 Å². The number of imide groups is 1. The number of benzene rings is 1. The number of ether oxygens (including phenoxy) is 1. The molecule has 0 bridgehead atoms. The lowest BCUT2D eigenvalue weighted by Gasteiger charge is -2.36. The molecule has 1 aliphatic rings. The van der Waals surface area contributed by atoms with Gasteiger partial charge in [0.25, 0.3) is 5.91 Å². The Labute approximate surface area is 205 Å². The average Bonchev–Trinajstić information content (AvgIpc) is 3.29. The summed E-state index contributed by atoms with van der Waals surface area (Å²) in [4.78, 5) is 51.6. The Morgan fingerprint density at radius 1 is 1.15 bits per heavy atom. The molecule has 0 unspecified atom stereocenters.